The molecule has 1 aliphatic heterocycles. The van der Waals surface area contributed by atoms with Crippen molar-refractivity contribution in [2.24, 2.45) is 0 Å². The quantitative estimate of drug-likeness (QED) is 0.668. The second kappa shape index (κ2) is 7.37. The number of amides is 1. The summed E-state index contributed by atoms with van der Waals surface area (Å²) in [5.41, 5.74) is 2.65. The van der Waals surface area contributed by atoms with Gasteiger partial charge in [0.25, 0.3) is 0 Å². The van der Waals surface area contributed by atoms with Crippen molar-refractivity contribution in [3.8, 4) is 0 Å². The third-order valence-corrected chi connectivity index (χ3v) is 5.06. The van der Waals surface area contributed by atoms with Crippen LogP contribution in [0, 0.1) is 0 Å². The zero-order valence-corrected chi connectivity index (χ0v) is 15.3. The largest absolute Gasteiger partial charge is 0.370 e. The average Bonchev–Trinajstić information content (AvgIpc) is 3.08. The van der Waals surface area contributed by atoms with Crippen LogP contribution in [-0.2, 0) is 16.1 Å². The molecule has 0 N–H and O–H groups in total. The first-order chi connectivity index (χ1) is 13.1. The number of hydrogen-bond acceptors (Lipinski definition) is 3. The van der Waals surface area contributed by atoms with Crippen molar-refractivity contribution < 1.29 is 14.3 Å². The summed E-state index contributed by atoms with van der Waals surface area (Å²) >= 11 is 0. The van der Waals surface area contributed by atoms with E-state index in [0.29, 0.717) is 25.3 Å². The molecule has 1 saturated heterocycles. The smallest absolute Gasteiger partial charge is 0.242 e. The summed E-state index contributed by atoms with van der Waals surface area (Å²) in [5.74, 6) is 0.0444. The van der Waals surface area contributed by atoms with Crippen molar-refractivity contribution in [2.45, 2.75) is 19.6 Å². The van der Waals surface area contributed by atoms with Gasteiger partial charge in [0.15, 0.2) is 5.78 Å². The molecular formula is C22H22N2O3. The number of nitrogens with zero attached hydrogens (tertiary/aromatic N) is 2. The normalized spacial score (nSPS) is 17.2. The number of benzene rings is 2. The molecule has 1 atom stereocenters. The highest BCUT2D eigenvalue weighted by molar-refractivity contribution is 6.07. The lowest BCUT2D eigenvalue weighted by atomic mass is 10.1. The summed E-state index contributed by atoms with van der Waals surface area (Å²) in [4.78, 5) is 26.7. The molecule has 1 unspecified atom stereocenters. The van der Waals surface area contributed by atoms with Crippen LogP contribution in [0.25, 0.3) is 10.9 Å². The highest BCUT2D eigenvalue weighted by atomic mass is 16.5. The standard InChI is InChI=1S/C22H22N2O3/c1-16(25)19-13-24(20-10-6-5-9-18(19)20)15-22(26)23-11-12-27-21(14-23)17-7-3-2-4-8-17/h2-10,13,21H,11-12,14-15H2,1H3. The molecule has 27 heavy (non-hydrogen) atoms. The molecule has 1 aromatic heterocycles. The summed E-state index contributed by atoms with van der Waals surface area (Å²) in [5, 5.41) is 0.891. The van der Waals surface area contributed by atoms with Crippen LogP contribution in [0.3, 0.4) is 0 Å². The summed E-state index contributed by atoms with van der Waals surface area (Å²) in [6.07, 6.45) is 1.69. The van der Waals surface area contributed by atoms with Crippen LogP contribution < -0.4 is 0 Å². The molecule has 0 aliphatic carbocycles. The number of hydrogen-bond donors (Lipinski definition) is 0. The Morgan fingerprint density at radius 1 is 1.07 bits per heavy atom. The highest BCUT2D eigenvalue weighted by Crippen LogP contribution is 2.24. The number of para-hydroxylation sites is 1. The van der Waals surface area contributed by atoms with E-state index in [1.807, 2.05) is 64.1 Å². The first-order valence-electron chi connectivity index (χ1n) is 9.16. The topological polar surface area (TPSA) is 51.5 Å². The zero-order chi connectivity index (χ0) is 18.8. The van der Waals surface area contributed by atoms with E-state index < -0.39 is 0 Å². The van der Waals surface area contributed by atoms with E-state index in [9.17, 15) is 9.59 Å². The predicted octanol–water partition coefficient (Wildman–Crippen LogP) is 3.44. The van der Waals surface area contributed by atoms with Gasteiger partial charge < -0.3 is 14.2 Å². The molecule has 1 fully saturated rings. The van der Waals surface area contributed by atoms with Gasteiger partial charge in [0, 0.05) is 29.2 Å². The number of fused-ring (bicyclic) bond motifs is 1. The Hall–Kier alpha value is -2.92. The van der Waals surface area contributed by atoms with Crippen molar-refractivity contribution in [3.63, 3.8) is 0 Å². The van der Waals surface area contributed by atoms with Crippen LogP contribution in [0.15, 0.2) is 60.8 Å². The minimum absolute atomic E-state index is 0.00733. The number of aromatic nitrogens is 1. The number of ether oxygens (including phenoxy) is 1. The summed E-state index contributed by atoms with van der Waals surface area (Å²) in [6, 6.07) is 17.7. The van der Waals surface area contributed by atoms with Crippen molar-refractivity contribution in [3.05, 3.63) is 71.9 Å². The van der Waals surface area contributed by atoms with E-state index in [-0.39, 0.29) is 24.3 Å². The predicted molar refractivity (Wildman–Crippen MR) is 104 cm³/mol. The Morgan fingerprint density at radius 2 is 1.81 bits per heavy atom. The fourth-order valence-corrected chi connectivity index (χ4v) is 3.65. The fourth-order valence-electron chi connectivity index (χ4n) is 3.65. The Bertz CT molecular complexity index is 978. The third-order valence-electron chi connectivity index (χ3n) is 5.06. The fraction of sp³-hybridized carbons (Fsp3) is 0.273. The monoisotopic (exact) mass is 362 g/mol. The van der Waals surface area contributed by atoms with E-state index in [1.165, 1.54) is 0 Å². The van der Waals surface area contributed by atoms with Crippen molar-refractivity contribution in [1.82, 2.24) is 9.47 Å². The number of morpholine rings is 1. The Balaban J connectivity index is 1.54. The Kier molecular flexibility index (Phi) is 4.77. The average molecular weight is 362 g/mol. The van der Waals surface area contributed by atoms with Gasteiger partial charge in [0.05, 0.1) is 13.2 Å². The molecule has 4 rings (SSSR count). The molecule has 3 aromatic rings. The first-order valence-corrected chi connectivity index (χ1v) is 9.16. The number of Topliss-reactive ketones (excluding diaryl/α,β-unsaturated/α-hetero) is 1. The molecule has 5 heteroatoms. The van der Waals surface area contributed by atoms with Gasteiger partial charge in [-0.2, -0.15) is 0 Å². The molecule has 0 saturated carbocycles. The lowest BCUT2D eigenvalue weighted by Crippen LogP contribution is -2.43. The van der Waals surface area contributed by atoms with E-state index in [4.69, 9.17) is 4.74 Å². The van der Waals surface area contributed by atoms with Crippen LogP contribution in [0.5, 0.6) is 0 Å². The molecule has 5 nitrogen and oxygen atoms in total. The maximum absolute atomic E-state index is 12.9. The van der Waals surface area contributed by atoms with E-state index in [1.54, 1.807) is 13.1 Å². The second-order valence-corrected chi connectivity index (χ2v) is 6.85. The number of ketones is 1. The molecule has 1 aliphatic rings. The van der Waals surface area contributed by atoms with Crippen LogP contribution in [0.2, 0.25) is 0 Å². The van der Waals surface area contributed by atoms with Gasteiger partial charge in [-0.3, -0.25) is 9.59 Å². The van der Waals surface area contributed by atoms with Crippen LogP contribution in [0.4, 0.5) is 0 Å². The molecule has 0 bridgehead atoms. The minimum atomic E-state index is -0.0990. The minimum Gasteiger partial charge on any atom is -0.370 e. The van der Waals surface area contributed by atoms with E-state index in [0.717, 1.165) is 16.5 Å². The van der Waals surface area contributed by atoms with Crippen LogP contribution in [0.1, 0.15) is 28.9 Å². The SMILES string of the molecule is CC(=O)c1cn(CC(=O)N2CCOC(c3ccccc3)C2)c2ccccc12. The van der Waals surface area contributed by atoms with E-state index in [2.05, 4.69) is 0 Å². The van der Waals surface area contributed by atoms with Gasteiger partial charge in [-0.25, -0.2) is 0 Å². The molecule has 0 radical (unpaired) electrons. The molecule has 2 heterocycles. The summed E-state index contributed by atoms with van der Waals surface area (Å²) in [6.45, 7) is 3.43. The maximum Gasteiger partial charge on any atom is 0.242 e. The van der Waals surface area contributed by atoms with Gasteiger partial charge in [-0.1, -0.05) is 48.5 Å². The highest BCUT2D eigenvalue weighted by Gasteiger charge is 2.26. The summed E-state index contributed by atoms with van der Waals surface area (Å²) in [7, 11) is 0. The van der Waals surface area contributed by atoms with Crippen molar-refractivity contribution in [2.75, 3.05) is 19.7 Å². The molecule has 1 amide bonds. The Labute approximate surface area is 158 Å². The number of carbonyl (C=O) groups excluding carboxylic acids is 2. The first kappa shape index (κ1) is 17.5. The van der Waals surface area contributed by atoms with E-state index >= 15 is 0 Å². The number of rotatable bonds is 4. The lowest BCUT2D eigenvalue weighted by molar-refractivity contribution is -0.139. The molecule has 138 valence electrons. The van der Waals surface area contributed by atoms with Gasteiger partial charge in [-0.15, -0.1) is 0 Å². The Morgan fingerprint density at radius 3 is 2.59 bits per heavy atom. The van der Waals surface area contributed by atoms with Crippen molar-refractivity contribution in [1.29, 1.82) is 0 Å². The zero-order valence-electron chi connectivity index (χ0n) is 15.3. The second-order valence-electron chi connectivity index (χ2n) is 6.85. The van der Waals surface area contributed by atoms with Gasteiger partial charge >= 0.3 is 0 Å². The van der Waals surface area contributed by atoms with Crippen molar-refractivity contribution >= 4 is 22.6 Å². The summed E-state index contributed by atoms with van der Waals surface area (Å²) < 4.78 is 7.73. The lowest BCUT2D eigenvalue weighted by Gasteiger charge is -2.33. The third kappa shape index (κ3) is 3.51. The van der Waals surface area contributed by atoms with Crippen LogP contribution in [-0.4, -0.2) is 40.9 Å². The molecular weight excluding hydrogens is 340 g/mol. The van der Waals surface area contributed by atoms with Gasteiger partial charge in [-0.05, 0) is 18.6 Å². The maximum atomic E-state index is 12.9. The molecule has 2 aromatic carbocycles. The van der Waals surface area contributed by atoms with Crippen LogP contribution >= 0.6 is 0 Å². The van der Waals surface area contributed by atoms with Gasteiger partial charge in [0.2, 0.25) is 5.91 Å². The number of carbonyl (C=O) groups is 2. The van der Waals surface area contributed by atoms with Gasteiger partial charge in [0.1, 0.15) is 12.6 Å². The molecule has 0 spiro atoms.